The van der Waals surface area contributed by atoms with Crippen molar-refractivity contribution in [3.05, 3.63) is 53.6 Å². The molecule has 0 aliphatic carbocycles. The minimum absolute atomic E-state index is 0.0257. The van der Waals surface area contributed by atoms with Gasteiger partial charge in [0.05, 0.1) is 5.69 Å². The number of nitrogens with zero attached hydrogens (tertiary/aromatic N) is 1. The van der Waals surface area contributed by atoms with Crippen LogP contribution < -0.4 is 14.8 Å². The lowest BCUT2D eigenvalue weighted by atomic mass is 10.2. The zero-order chi connectivity index (χ0) is 22.1. The second-order valence-electron chi connectivity index (χ2n) is 7.85. The summed E-state index contributed by atoms with van der Waals surface area (Å²) in [7, 11) is 0. The first-order chi connectivity index (χ1) is 15.0. The number of hydrogen-bond donors (Lipinski definition) is 2. The van der Waals surface area contributed by atoms with Crippen LogP contribution in [0.3, 0.4) is 0 Å². The number of para-hydroxylation sites is 2. The number of carbonyl (C=O) groups excluding carboxylic acids is 1. The van der Waals surface area contributed by atoms with Gasteiger partial charge in [-0.2, -0.15) is 0 Å². The van der Waals surface area contributed by atoms with Crippen LogP contribution in [0, 0.1) is 0 Å². The fourth-order valence-electron chi connectivity index (χ4n) is 3.55. The molecule has 2 N–H and O–H groups in total. The molecule has 31 heavy (non-hydrogen) atoms. The van der Waals surface area contributed by atoms with Crippen LogP contribution in [-0.4, -0.2) is 54.4 Å². The Morgan fingerprint density at radius 3 is 2.81 bits per heavy atom. The molecular formula is C24H31ClN2O4. The van der Waals surface area contributed by atoms with Gasteiger partial charge in [-0.3, -0.25) is 9.69 Å². The Bertz CT molecular complexity index is 831. The predicted octanol–water partition coefficient (Wildman–Crippen LogP) is 4.36. The van der Waals surface area contributed by atoms with Crippen molar-refractivity contribution in [2.75, 3.05) is 31.6 Å². The number of ether oxygens (including phenoxy) is 2. The lowest BCUT2D eigenvalue weighted by molar-refractivity contribution is -0.116. The largest absolute Gasteiger partial charge is 0.489 e. The molecule has 2 unspecified atom stereocenters. The first-order valence-electron chi connectivity index (χ1n) is 10.9. The summed E-state index contributed by atoms with van der Waals surface area (Å²) in [5, 5.41) is 14.0. The molecule has 3 rings (SSSR count). The second kappa shape index (κ2) is 11.9. The third-order valence-electron chi connectivity index (χ3n) is 5.16. The molecule has 2 aromatic rings. The van der Waals surface area contributed by atoms with Gasteiger partial charge in [-0.05, 0) is 49.2 Å². The number of halogens is 1. The molecule has 2 aromatic carbocycles. The van der Waals surface area contributed by atoms with Crippen LogP contribution in [0.1, 0.15) is 32.6 Å². The molecule has 1 saturated heterocycles. The highest BCUT2D eigenvalue weighted by atomic mass is 35.5. The van der Waals surface area contributed by atoms with Crippen molar-refractivity contribution in [1.29, 1.82) is 0 Å². The molecule has 6 nitrogen and oxygen atoms in total. The summed E-state index contributed by atoms with van der Waals surface area (Å²) in [5.74, 6) is 1.34. The van der Waals surface area contributed by atoms with Gasteiger partial charge >= 0.3 is 0 Å². The van der Waals surface area contributed by atoms with Crippen molar-refractivity contribution < 1.29 is 19.4 Å². The number of aliphatic hydroxyl groups excluding tert-OH is 1. The van der Waals surface area contributed by atoms with Crippen LogP contribution in [0.4, 0.5) is 5.69 Å². The fraction of sp³-hybridized carbons (Fsp3) is 0.458. The Morgan fingerprint density at radius 1 is 1.26 bits per heavy atom. The van der Waals surface area contributed by atoms with E-state index in [2.05, 4.69) is 17.1 Å². The standard InChI is InChI=1S/C24H31ClN2O4/c1-2-3-8-24(29)26-22-6-4-5-7-23(22)30-17-19(28)15-27-14-13-21(16-27)31-20-11-9-18(25)10-12-20/h4-7,9-12,19,21,28H,2-3,8,13-17H2,1H3,(H,26,29). The molecule has 1 aliphatic rings. The van der Waals surface area contributed by atoms with E-state index in [1.165, 1.54) is 0 Å². The monoisotopic (exact) mass is 446 g/mol. The van der Waals surface area contributed by atoms with Crippen molar-refractivity contribution in [2.45, 2.75) is 44.8 Å². The fourth-order valence-corrected chi connectivity index (χ4v) is 3.67. The third kappa shape index (κ3) is 7.73. The predicted molar refractivity (Wildman–Crippen MR) is 123 cm³/mol. The van der Waals surface area contributed by atoms with Gasteiger partial charge in [0.2, 0.25) is 5.91 Å². The van der Waals surface area contributed by atoms with E-state index in [0.717, 1.165) is 38.1 Å². The van der Waals surface area contributed by atoms with E-state index in [-0.39, 0.29) is 18.6 Å². The zero-order valence-corrected chi connectivity index (χ0v) is 18.7. The highest BCUT2D eigenvalue weighted by Crippen LogP contribution is 2.25. The smallest absolute Gasteiger partial charge is 0.224 e. The highest BCUT2D eigenvalue weighted by Gasteiger charge is 2.25. The van der Waals surface area contributed by atoms with Crippen molar-refractivity contribution in [1.82, 2.24) is 4.90 Å². The van der Waals surface area contributed by atoms with Crippen molar-refractivity contribution >= 4 is 23.2 Å². The maximum atomic E-state index is 12.0. The van der Waals surface area contributed by atoms with Crippen LogP contribution in [0.15, 0.2) is 48.5 Å². The minimum Gasteiger partial charge on any atom is -0.489 e. The van der Waals surface area contributed by atoms with Crippen LogP contribution in [0.2, 0.25) is 5.02 Å². The number of anilines is 1. The Morgan fingerprint density at radius 2 is 2.03 bits per heavy atom. The lowest BCUT2D eigenvalue weighted by Crippen LogP contribution is -2.35. The van der Waals surface area contributed by atoms with E-state index in [1.54, 1.807) is 6.07 Å². The number of nitrogens with one attached hydrogen (secondary N) is 1. The lowest BCUT2D eigenvalue weighted by Gasteiger charge is -2.21. The molecule has 7 heteroatoms. The number of unbranched alkanes of at least 4 members (excludes halogenated alkanes) is 1. The van der Waals surface area contributed by atoms with Gasteiger partial charge in [-0.15, -0.1) is 0 Å². The van der Waals surface area contributed by atoms with E-state index in [1.807, 2.05) is 42.5 Å². The first-order valence-corrected chi connectivity index (χ1v) is 11.3. The van der Waals surface area contributed by atoms with Crippen LogP contribution in [-0.2, 0) is 4.79 Å². The van der Waals surface area contributed by atoms with E-state index in [0.29, 0.717) is 29.4 Å². The zero-order valence-electron chi connectivity index (χ0n) is 17.9. The summed E-state index contributed by atoms with van der Waals surface area (Å²) < 4.78 is 11.8. The van der Waals surface area contributed by atoms with Crippen LogP contribution >= 0.6 is 11.6 Å². The van der Waals surface area contributed by atoms with Gasteiger partial charge in [-0.25, -0.2) is 0 Å². The SMILES string of the molecule is CCCCC(=O)Nc1ccccc1OCC(O)CN1CCC(Oc2ccc(Cl)cc2)C1. The van der Waals surface area contributed by atoms with E-state index in [4.69, 9.17) is 21.1 Å². The molecule has 0 saturated carbocycles. The number of likely N-dealkylation sites (tertiary alicyclic amines) is 1. The van der Waals surface area contributed by atoms with Crippen LogP contribution in [0.5, 0.6) is 11.5 Å². The Labute approximate surface area is 189 Å². The average Bonchev–Trinajstić information content (AvgIpc) is 3.20. The number of hydrogen-bond acceptors (Lipinski definition) is 5. The summed E-state index contributed by atoms with van der Waals surface area (Å²) in [5.41, 5.74) is 0.633. The third-order valence-corrected chi connectivity index (χ3v) is 5.42. The van der Waals surface area contributed by atoms with Gasteiger partial charge < -0.3 is 19.9 Å². The van der Waals surface area contributed by atoms with E-state index >= 15 is 0 Å². The minimum atomic E-state index is -0.641. The second-order valence-corrected chi connectivity index (χ2v) is 8.29. The molecule has 1 fully saturated rings. The maximum Gasteiger partial charge on any atom is 0.224 e. The van der Waals surface area contributed by atoms with Crippen molar-refractivity contribution in [2.24, 2.45) is 0 Å². The number of β-amino-alcohol motifs (C(OH)–C–C–N with tert-alkyl or cyclic N) is 1. The molecule has 1 aliphatic heterocycles. The van der Waals surface area contributed by atoms with Gasteiger partial charge in [0.25, 0.3) is 0 Å². The summed E-state index contributed by atoms with van der Waals surface area (Å²) in [6.07, 6.45) is 2.67. The summed E-state index contributed by atoms with van der Waals surface area (Å²) in [6, 6.07) is 14.7. The highest BCUT2D eigenvalue weighted by molar-refractivity contribution is 6.30. The van der Waals surface area contributed by atoms with Gasteiger partial charge in [0.1, 0.15) is 30.3 Å². The molecule has 1 heterocycles. The molecule has 2 atom stereocenters. The topological polar surface area (TPSA) is 71.0 Å². The number of benzene rings is 2. The molecule has 168 valence electrons. The summed E-state index contributed by atoms with van der Waals surface area (Å²) in [4.78, 5) is 14.2. The maximum absolute atomic E-state index is 12.0. The normalized spacial score (nSPS) is 17.3. The number of carbonyl (C=O) groups is 1. The summed E-state index contributed by atoms with van der Waals surface area (Å²) in [6.45, 7) is 4.33. The van der Waals surface area contributed by atoms with Crippen molar-refractivity contribution in [3.63, 3.8) is 0 Å². The summed E-state index contributed by atoms with van der Waals surface area (Å²) >= 11 is 5.91. The van der Waals surface area contributed by atoms with Gasteiger partial charge in [0, 0.05) is 31.1 Å². The van der Waals surface area contributed by atoms with Gasteiger partial charge in [-0.1, -0.05) is 37.1 Å². The van der Waals surface area contributed by atoms with E-state index < -0.39 is 6.10 Å². The van der Waals surface area contributed by atoms with E-state index in [9.17, 15) is 9.90 Å². The van der Waals surface area contributed by atoms with Crippen molar-refractivity contribution in [3.8, 4) is 11.5 Å². The molecule has 1 amide bonds. The Hall–Kier alpha value is -2.28. The number of rotatable bonds is 11. The molecule has 0 aromatic heterocycles. The quantitative estimate of drug-likeness (QED) is 0.536. The Kier molecular flexibility index (Phi) is 9.00. The molecule has 0 bridgehead atoms. The van der Waals surface area contributed by atoms with Crippen LogP contribution in [0.25, 0.3) is 0 Å². The molecular weight excluding hydrogens is 416 g/mol. The van der Waals surface area contributed by atoms with Gasteiger partial charge in [0.15, 0.2) is 0 Å². The first kappa shape index (κ1) is 23.4. The molecule has 0 spiro atoms. The average molecular weight is 447 g/mol. The Balaban J connectivity index is 1.43. The number of aliphatic hydroxyl groups is 1. The molecule has 0 radical (unpaired) electrons. The number of amides is 1.